The molecule has 0 amide bonds. The SMILES string of the molecule is C1=C(c2cccc(-c3ccccc3)c2)NC(c2cccc3c2c2ccccc2n3-c2cccc3c2oc2ccccc23)N=C1c1ccc(-c2ccccc2)cc1. The van der Waals surface area contributed by atoms with Crippen molar-refractivity contribution in [2.24, 2.45) is 4.99 Å². The number of allylic oxidation sites excluding steroid dienone is 1. The van der Waals surface area contributed by atoms with E-state index in [1.807, 2.05) is 12.1 Å². The van der Waals surface area contributed by atoms with Crippen LogP contribution in [0.15, 0.2) is 210 Å². The summed E-state index contributed by atoms with van der Waals surface area (Å²) in [5.74, 6) is 0. The van der Waals surface area contributed by atoms with Crippen LogP contribution in [0.4, 0.5) is 0 Å². The van der Waals surface area contributed by atoms with Crippen molar-refractivity contribution in [1.82, 2.24) is 9.88 Å². The summed E-state index contributed by atoms with van der Waals surface area (Å²) >= 11 is 0. The Morgan fingerprint density at radius 2 is 1.05 bits per heavy atom. The van der Waals surface area contributed by atoms with Crippen LogP contribution in [0.25, 0.3) is 77.4 Å². The Labute approximate surface area is 324 Å². The molecule has 2 aromatic heterocycles. The number of benzene rings is 8. The van der Waals surface area contributed by atoms with Gasteiger partial charge in [0.15, 0.2) is 5.58 Å². The van der Waals surface area contributed by atoms with Crippen molar-refractivity contribution >= 4 is 55.2 Å². The van der Waals surface area contributed by atoms with Crippen LogP contribution in [0.5, 0.6) is 0 Å². The molecule has 4 nitrogen and oxygen atoms in total. The van der Waals surface area contributed by atoms with E-state index in [0.717, 1.165) is 72.1 Å². The van der Waals surface area contributed by atoms with Crippen molar-refractivity contribution in [2.45, 2.75) is 6.17 Å². The topological polar surface area (TPSA) is 42.5 Å². The molecule has 0 fully saturated rings. The van der Waals surface area contributed by atoms with E-state index < -0.39 is 0 Å². The van der Waals surface area contributed by atoms with E-state index in [0.29, 0.717) is 0 Å². The molecule has 0 saturated heterocycles. The Morgan fingerprint density at radius 1 is 0.464 bits per heavy atom. The third-order valence-corrected chi connectivity index (χ3v) is 11.1. The molecule has 8 aromatic carbocycles. The summed E-state index contributed by atoms with van der Waals surface area (Å²) in [6, 6.07) is 68.6. The first-order chi connectivity index (χ1) is 27.8. The van der Waals surface area contributed by atoms with Gasteiger partial charge in [0.05, 0.1) is 22.4 Å². The van der Waals surface area contributed by atoms with E-state index in [2.05, 4.69) is 198 Å². The predicted molar refractivity (Wildman–Crippen MR) is 232 cm³/mol. The minimum Gasteiger partial charge on any atom is -0.454 e. The summed E-state index contributed by atoms with van der Waals surface area (Å²) in [7, 11) is 0. The van der Waals surface area contributed by atoms with E-state index in [9.17, 15) is 0 Å². The molecular weight excluding hydrogens is 683 g/mol. The molecule has 4 heteroatoms. The van der Waals surface area contributed by atoms with Crippen LogP contribution in [0, 0.1) is 0 Å². The average Bonchev–Trinajstić information content (AvgIpc) is 3.83. The van der Waals surface area contributed by atoms with Gasteiger partial charge in [-0.15, -0.1) is 0 Å². The fourth-order valence-corrected chi connectivity index (χ4v) is 8.41. The second-order valence-corrected chi connectivity index (χ2v) is 14.4. The lowest BCUT2D eigenvalue weighted by Crippen LogP contribution is -2.25. The van der Waals surface area contributed by atoms with Crippen LogP contribution in [-0.4, -0.2) is 10.3 Å². The highest BCUT2D eigenvalue weighted by atomic mass is 16.3. The van der Waals surface area contributed by atoms with Crippen LogP contribution in [-0.2, 0) is 0 Å². The molecule has 0 radical (unpaired) electrons. The van der Waals surface area contributed by atoms with Gasteiger partial charge in [0.1, 0.15) is 11.7 Å². The van der Waals surface area contributed by atoms with Crippen LogP contribution in [0.3, 0.4) is 0 Å². The van der Waals surface area contributed by atoms with Crippen LogP contribution in [0.1, 0.15) is 22.9 Å². The molecule has 10 aromatic rings. The number of furan rings is 1. The maximum Gasteiger partial charge on any atom is 0.159 e. The monoisotopic (exact) mass is 717 g/mol. The maximum atomic E-state index is 6.59. The molecule has 0 spiro atoms. The Balaban J connectivity index is 1.09. The number of nitrogens with one attached hydrogen (secondary N) is 1. The fourth-order valence-electron chi connectivity index (χ4n) is 8.41. The number of hydrogen-bond donors (Lipinski definition) is 1. The first-order valence-electron chi connectivity index (χ1n) is 19.1. The zero-order valence-electron chi connectivity index (χ0n) is 30.4. The maximum absolute atomic E-state index is 6.59. The summed E-state index contributed by atoms with van der Waals surface area (Å²) in [5, 5.41) is 8.45. The lowest BCUT2D eigenvalue weighted by Gasteiger charge is -2.26. The minimum atomic E-state index is -0.357. The molecule has 0 aliphatic carbocycles. The molecule has 11 rings (SSSR count). The van der Waals surface area contributed by atoms with Crippen molar-refractivity contribution in [2.75, 3.05) is 0 Å². The largest absolute Gasteiger partial charge is 0.454 e. The smallest absolute Gasteiger partial charge is 0.159 e. The van der Waals surface area contributed by atoms with Crippen LogP contribution < -0.4 is 5.32 Å². The molecule has 0 bridgehead atoms. The molecule has 1 aliphatic heterocycles. The highest BCUT2D eigenvalue weighted by Gasteiger charge is 2.25. The standard InChI is InChI=1S/C52H35N3O/c1-3-14-34(15-4-1)36-28-30-37(31-29-36)44-33-45(39-19-11-18-38(32-39)35-16-5-2-6-17-35)54-52(53-44)43-23-13-25-47-50(43)42-21-7-9-24-46(42)55(47)48-26-12-22-41-40-20-8-10-27-49(40)56-51(41)48/h1-33,52,54H. The number of para-hydroxylation sites is 3. The van der Waals surface area contributed by atoms with Gasteiger partial charge >= 0.3 is 0 Å². The first-order valence-corrected chi connectivity index (χ1v) is 19.1. The van der Waals surface area contributed by atoms with E-state index in [1.165, 1.54) is 27.6 Å². The van der Waals surface area contributed by atoms with Crippen molar-refractivity contribution in [3.63, 3.8) is 0 Å². The van der Waals surface area contributed by atoms with Gasteiger partial charge in [-0.2, -0.15) is 0 Å². The highest BCUT2D eigenvalue weighted by molar-refractivity contribution is 6.15. The van der Waals surface area contributed by atoms with Gasteiger partial charge < -0.3 is 14.3 Å². The van der Waals surface area contributed by atoms with Gasteiger partial charge in [-0.05, 0) is 69.8 Å². The summed E-state index contributed by atoms with van der Waals surface area (Å²) in [6.45, 7) is 0. The summed E-state index contributed by atoms with van der Waals surface area (Å²) < 4.78 is 8.95. The molecule has 1 aliphatic rings. The molecule has 1 unspecified atom stereocenters. The lowest BCUT2D eigenvalue weighted by atomic mass is 9.96. The third kappa shape index (κ3) is 5.34. The quantitative estimate of drug-likeness (QED) is 0.186. The second kappa shape index (κ2) is 13.2. The number of aromatic nitrogens is 1. The van der Waals surface area contributed by atoms with Crippen LogP contribution >= 0.6 is 0 Å². The Bertz CT molecular complexity index is 3150. The number of nitrogens with zero attached hydrogens (tertiary/aromatic N) is 2. The normalized spacial score (nSPS) is 14.2. The van der Waals surface area contributed by atoms with Gasteiger partial charge in [0, 0.05) is 32.8 Å². The van der Waals surface area contributed by atoms with Gasteiger partial charge in [-0.1, -0.05) is 164 Å². The molecule has 56 heavy (non-hydrogen) atoms. The van der Waals surface area contributed by atoms with Crippen LogP contribution in [0.2, 0.25) is 0 Å². The van der Waals surface area contributed by atoms with E-state index in [-0.39, 0.29) is 6.17 Å². The average molecular weight is 718 g/mol. The number of fused-ring (bicyclic) bond motifs is 6. The molecule has 1 atom stereocenters. The minimum absolute atomic E-state index is 0.357. The van der Waals surface area contributed by atoms with Gasteiger partial charge in [-0.3, -0.25) is 4.99 Å². The zero-order chi connectivity index (χ0) is 37.0. The first kappa shape index (κ1) is 32.0. The van der Waals surface area contributed by atoms with Crippen molar-refractivity contribution in [3.8, 4) is 27.9 Å². The Morgan fingerprint density at radius 3 is 1.88 bits per heavy atom. The second-order valence-electron chi connectivity index (χ2n) is 14.4. The third-order valence-electron chi connectivity index (χ3n) is 11.1. The van der Waals surface area contributed by atoms with E-state index in [4.69, 9.17) is 9.41 Å². The van der Waals surface area contributed by atoms with Gasteiger partial charge in [0.2, 0.25) is 0 Å². The summed E-state index contributed by atoms with van der Waals surface area (Å²) in [4.78, 5) is 5.50. The summed E-state index contributed by atoms with van der Waals surface area (Å²) in [5.41, 5.74) is 15.0. The van der Waals surface area contributed by atoms with Gasteiger partial charge in [-0.25, -0.2) is 0 Å². The highest BCUT2D eigenvalue weighted by Crippen LogP contribution is 2.41. The van der Waals surface area contributed by atoms with Gasteiger partial charge in [0.25, 0.3) is 0 Å². The van der Waals surface area contributed by atoms with Crippen molar-refractivity contribution in [1.29, 1.82) is 0 Å². The molecule has 0 saturated carbocycles. The number of rotatable bonds is 6. The zero-order valence-corrected chi connectivity index (χ0v) is 30.4. The number of aliphatic imine (C=N–C) groups is 1. The molecular formula is C52H35N3O. The fraction of sp³-hybridized carbons (Fsp3) is 0.0192. The van der Waals surface area contributed by atoms with Crippen molar-refractivity contribution < 1.29 is 4.42 Å². The Kier molecular flexibility index (Phi) is 7.52. The molecule has 1 N–H and O–H groups in total. The number of hydrogen-bond acceptors (Lipinski definition) is 3. The molecule has 264 valence electrons. The predicted octanol–water partition coefficient (Wildman–Crippen LogP) is 13.1. The lowest BCUT2D eigenvalue weighted by molar-refractivity contribution is 0.666. The Hall–Kier alpha value is -7.43. The summed E-state index contributed by atoms with van der Waals surface area (Å²) in [6.07, 6.45) is 1.84. The van der Waals surface area contributed by atoms with E-state index >= 15 is 0 Å². The van der Waals surface area contributed by atoms with E-state index in [1.54, 1.807) is 0 Å². The van der Waals surface area contributed by atoms with Crippen molar-refractivity contribution in [3.05, 3.63) is 217 Å². The molecule has 3 heterocycles.